The fraction of sp³-hybridized carbons (Fsp3) is 0.867. The molecule has 2 N–H and O–H groups in total. The quantitative estimate of drug-likeness (QED) is 0.596. The second-order valence-corrected chi connectivity index (χ2v) is 6.87. The van der Waals surface area contributed by atoms with Crippen LogP contribution in [0.15, 0.2) is 0 Å². The summed E-state index contributed by atoms with van der Waals surface area (Å²) >= 11 is 0. The van der Waals surface area contributed by atoms with Crippen LogP contribution in [-0.2, 0) is 14.4 Å². The molecule has 2 aliphatic rings. The van der Waals surface area contributed by atoms with Crippen LogP contribution in [0.5, 0.6) is 0 Å². The van der Waals surface area contributed by atoms with Gasteiger partial charge in [0.05, 0.1) is 6.61 Å². The molecule has 0 saturated heterocycles. The zero-order valence-electron chi connectivity index (χ0n) is 12.9. The molecule has 2 saturated carbocycles. The second-order valence-electron chi connectivity index (χ2n) is 6.87. The third kappa shape index (κ3) is 2.43. The van der Waals surface area contributed by atoms with Crippen molar-refractivity contribution in [3.05, 3.63) is 0 Å². The Kier molecular flexibility index (Phi) is 4.09. The SMILES string of the molecule is CCONC(=O)CC(=O)NC1CC2CCC1(C)C2(C)C. The van der Waals surface area contributed by atoms with E-state index < -0.39 is 5.91 Å². The van der Waals surface area contributed by atoms with Crippen molar-refractivity contribution >= 4 is 11.8 Å². The molecule has 2 fully saturated rings. The lowest BCUT2D eigenvalue weighted by atomic mass is 9.69. The zero-order valence-corrected chi connectivity index (χ0v) is 12.9. The number of amides is 2. The number of nitrogens with one attached hydrogen (secondary N) is 2. The molecule has 114 valence electrons. The first-order valence-corrected chi connectivity index (χ1v) is 7.51. The molecule has 3 unspecified atom stereocenters. The number of hydroxylamine groups is 1. The average Bonchev–Trinajstić information content (AvgIpc) is 2.69. The van der Waals surface area contributed by atoms with Gasteiger partial charge in [-0.15, -0.1) is 0 Å². The summed E-state index contributed by atoms with van der Waals surface area (Å²) in [5.41, 5.74) is 2.65. The van der Waals surface area contributed by atoms with E-state index in [0.717, 1.165) is 12.8 Å². The highest BCUT2D eigenvalue weighted by Gasteiger charge is 2.61. The Labute approximate surface area is 120 Å². The first kappa shape index (κ1) is 15.3. The molecule has 2 amide bonds. The van der Waals surface area contributed by atoms with Gasteiger partial charge in [0, 0.05) is 6.04 Å². The van der Waals surface area contributed by atoms with Gasteiger partial charge < -0.3 is 5.32 Å². The van der Waals surface area contributed by atoms with Crippen LogP contribution in [0.4, 0.5) is 0 Å². The summed E-state index contributed by atoms with van der Waals surface area (Å²) in [7, 11) is 0. The largest absolute Gasteiger partial charge is 0.352 e. The van der Waals surface area contributed by atoms with Gasteiger partial charge in [0.2, 0.25) is 5.91 Å². The fourth-order valence-corrected chi connectivity index (χ4v) is 4.00. The maximum absolute atomic E-state index is 12.0. The molecule has 2 rings (SSSR count). The van der Waals surface area contributed by atoms with Crippen LogP contribution in [0.2, 0.25) is 0 Å². The van der Waals surface area contributed by atoms with Crippen molar-refractivity contribution < 1.29 is 14.4 Å². The molecule has 0 aromatic rings. The third-order valence-corrected chi connectivity index (χ3v) is 5.78. The Bertz CT molecular complexity index is 408. The molecular formula is C15H26N2O3. The molecule has 3 atom stereocenters. The van der Waals surface area contributed by atoms with E-state index in [1.165, 1.54) is 6.42 Å². The fourth-order valence-electron chi connectivity index (χ4n) is 4.00. The lowest BCUT2D eigenvalue weighted by molar-refractivity contribution is -0.138. The van der Waals surface area contributed by atoms with E-state index in [1.807, 2.05) is 0 Å². The van der Waals surface area contributed by atoms with Crippen LogP contribution in [0, 0.1) is 16.7 Å². The summed E-state index contributed by atoms with van der Waals surface area (Å²) in [5, 5.41) is 3.06. The standard InChI is InChI=1S/C15H26N2O3/c1-5-20-17-13(19)9-12(18)16-11-8-10-6-7-15(11,4)14(10,2)3/h10-11H,5-9H2,1-4H3,(H,16,18)(H,17,19). The molecule has 2 bridgehead atoms. The van der Waals surface area contributed by atoms with E-state index in [9.17, 15) is 9.59 Å². The predicted octanol–water partition coefficient (Wildman–Crippen LogP) is 1.78. The maximum atomic E-state index is 12.0. The molecule has 5 heteroatoms. The highest BCUT2D eigenvalue weighted by molar-refractivity contribution is 5.96. The highest BCUT2D eigenvalue weighted by atomic mass is 16.6. The molecule has 20 heavy (non-hydrogen) atoms. The molecule has 5 nitrogen and oxygen atoms in total. The average molecular weight is 282 g/mol. The molecule has 0 radical (unpaired) electrons. The molecule has 0 aromatic heterocycles. The van der Waals surface area contributed by atoms with Crippen LogP contribution in [0.25, 0.3) is 0 Å². The predicted molar refractivity (Wildman–Crippen MR) is 75.5 cm³/mol. The van der Waals surface area contributed by atoms with Crippen LogP contribution in [0.1, 0.15) is 53.4 Å². The van der Waals surface area contributed by atoms with E-state index in [4.69, 9.17) is 4.84 Å². The zero-order chi connectivity index (χ0) is 15.0. The van der Waals surface area contributed by atoms with Gasteiger partial charge in [0.25, 0.3) is 5.91 Å². The molecule has 0 heterocycles. The minimum atomic E-state index is -0.392. The number of rotatable bonds is 5. The van der Waals surface area contributed by atoms with Crippen molar-refractivity contribution in [2.24, 2.45) is 16.7 Å². The van der Waals surface area contributed by atoms with E-state index in [0.29, 0.717) is 12.5 Å². The summed E-state index contributed by atoms with van der Waals surface area (Å²) < 4.78 is 0. The molecular weight excluding hydrogens is 256 g/mol. The van der Waals surface area contributed by atoms with E-state index in [2.05, 4.69) is 31.6 Å². The number of carbonyl (C=O) groups excluding carboxylic acids is 2. The van der Waals surface area contributed by atoms with E-state index in [-0.39, 0.29) is 29.2 Å². The summed E-state index contributed by atoms with van der Waals surface area (Å²) in [5.74, 6) is 0.0729. The highest BCUT2D eigenvalue weighted by Crippen LogP contribution is 2.65. The number of fused-ring (bicyclic) bond motifs is 2. The first-order valence-electron chi connectivity index (χ1n) is 7.51. The normalized spacial score (nSPS) is 34.0. The first-order chi connectivity index (χ1) is 9.31. The Morgan fingerprint density at radius 3 is 2.45 bits per heavy atom. The van der Waals surface area contributed by atoms with Gasteiger partial charge in [-0.3, -0.25) is 14.4 Å². The smallest absolute Gasteiger partial charge is 0.252 e. The number of hydrogen-bond donors (Lipinski definition) is 2. The van der Waals surface area contributed by atoms with E-state index >= 15 is 0 Å². The van der Waals surface area contributed by atoms with Gasteiger partial charge in [-0.2, -0.15) is 0 Å². The summed E-state index contributed by atoms with van der Waals surface area (Å²) in [6.07, 6.45) is 3.27. The van der Waals surface area contributed by atoms with Gasteiger partial charge >= 0.3 is 0 Å². The van der Waals surface area contributed by atoms with Crippen LogP contribution in [-0.4, -0.2) is 24.5 Å². The number of carbonyl (C=O) groups is 2. The minimum absolute atomic E-state index is 0.143. The topological polar surface area (TPSA) is 67.4 Å². The van der Waals surface area contributed by atoms with Crippen molar-refractivity contribution in [2.45, 2.75) is 59.4 Å². The van der Waals surface area contributed by atoms with Crippen molar-refractivity contribution in [3.8, 4) is 0 Å². The lowest BCUT2D eigenvalue weighted by Crippen LogP contribution is -2.47. The Balaban J connectivity index is 1.89. The maximum Gasteiger partial charge on any atom is 0.252 e. The van der Waals surface area contributed by atoms with Gasteiger partial charge in [-0.25, -0.2) is 5.48 Å². The molecule has 0 aromatic carbocycles. The van der Waals surface area contributed by atoms with Crippen molar-refractivity contribution in [3.63, 3.8) is 0 Å². The molecule has 0 aliphatic heterocycles. The van der Waals surface area contributed by atoms with Crippen LogP contribution >= 0.6 is 0 Å². The second kappa shape index (κ2) is 5.35. The Morgan fingerprint density at radius 1 is 1.25 bits per heavy atom. The molecule has 2 aliphatic carbocycles. The van der Waals surface area contributed by atoms with Gasteiger partial charge in [0.1, 0.15) is 6.42 Å². The summed E-state index contributed by atoms with van der Waals surface area (Å²) in [4.78, 5) is 28.2. The van der Waals surface area contributed by atoms with Gasteiger partial charge in [-0.1, -0.05) is 20.8 Å². The minimum Gasteiger partial charge on any atom is -0.352 e. The van der Waals surface area contributed by atoms with E-state index in [1.54, 1.807) is 6.92 Å². The van der Waals surface area contributed by atoms with Crippen molar-refractivity contribution in [1.82, 2.24) is 10.8 Å². The van der Waals surface area contributed by atoms with Gasteiger partial charge in [0.15, 0.2) is 0 Å². The number of hydrogen-bond acceptors (Lipinski definition) is 3. The van der Waals surface area contributed by atoms with Crippen molar-refractivity contribution in [2.75, 3.05) is 6.61 Å². The van der Waals surface area contributed by atoms with Crippen molar-refractivity contribution in [1.29, 1.82) is 0 Å². The summed E-state index contributed by atoms with van der Waals surface area (Å²) in [6, 6.07) is 0.184. The van der Waals surface area contributed by atoms with Crippen LogP contribution < -0.4 is 10.8 Å². The Morgan fingerprint density at radius 2 is 1.95 bits per heavy atom. The lowest BCUT2D eigenvalue weighted by Gasteiger charge is -2.39. The van der Waals surface area contributed by atoms with Crippen LogP contribution in [0.3, 0.4) is 0 Å². The Hall–Kier alpha value is -1.10. The monoisotopic (exact) mass is 282 g/mol. The third-order valence-electron chi connectivity index (χ3n) is 5.78. The van der Waals surface area contributed by atoms with Gasteiger partial charge in [-0.05, 0) is 42.9 Å². The molecule has 0 spiro atoms. The summed E-state index contributed by atoms with van der Waals surface area (Å²) in [6.45, 7) is 9.05.